The second-order valence-electron chi connectivity index (χ2n) is 4.55. The highest BCUT2D eigenvalue weighted by Crippen LogP contribution is 1.97. The van der Waals surface area contributed by atoms with Crippen LogP contribution in [0.3, 0.4) is 0 Å². The quantitative estimate of drug-likeness (QED) is 0.773. The van der Waals surface area contributed by atoms with Crippen molar-refractivity contribution in [3.05, 3.63) is 11.9 Å². The lowest BCUT2D eigenvalue weighted by Crippen LogP contribution is -2.23. The number of rotatable bonds is 6. The molecule has 1 rings (SSSR count). The zero-order valence-electron chi connectivity index (χ0n) is 11.0. The Kier molecular flexibility index (Phi) is 5.09. The standard InChI is InChI=1S/C11H21N5O/c1-9(2)12-7-10-8-16(14-13-10)6-5-11(17)15(3)4/h8-9,12H,5-7H2,1-4H3. The molecule has 0 aliphatic carbocycles. The second kappa shape index (κ2) is 6.34. The van der Waals surface area contributed by atoms with Crippen LogP contribution in [0.15, 0.2) is 6.20 Å². The molecule has 1 aromatic heterocycles. The van der Waals surface area contributed by atoms with Crippen LogP contribution in [0.2, 0.25) is 0 Å². The summed E-state index contributed by atoms with van der Waals surface area (Å²) in [6.07, 6.45) is 2.33. The first kappa shape index (κ1) is 13.6. The lowest BCUT2D eigenvalue weighted by molar-refractivity contribution is -0.128. The average Bonchev–Trinajstić information content (AvgIpc) is 2.70. The zero-order valence-corrected chi connectivity index (χ0v) is 11.0. The molecule has 0 aliphatic rings. The minimum Gasteiger partial charge on any atom is -0.349 e. The van der Waals surface area contributed by atoms with Crippen molar-refractivity contribution in [1.82, 2.24) is 25.2 Å². The van der Waals surface area contributed by atoms with Gasteiger partial charge in [-0.1, -0.05) is 19.1 Å². The van der Waals surface area contributed by atoms with Crippen molar-refractivity contribution >= 4 is 5.91 Å². The first-order valence-corrected chi connectivity index (χ1v) is 5.81. The molecule has 17 heavy (non-hydrogen) atoms. The Labute approximate surface area is 102 Å². The average molecular weight is 239 g/mol. The van der Waals surface area contributed by atoms with E-state index in [9.17, 15) is 4.79 Å². The highest BCUT2D eigenvalue weighted by atomic mass is 16.2. The normalized spacial score (nSPS) is 10.9. The molecule has 0 unspecified atom stereocenters. The Hall–Kier alpha value is -1.43. The van der Waals surface area contributed by atoms with Gasteiger partial charge in [-0.2, -0.15) is 0 Å². The molecule has 0 radical (unpaired) electrons. The van der Waals surface area contributed by atoms with Gasteiger partial charge in [0.1, 0.15) is 0 Å². The van der Waals surface area contributed by atoms with E-state index in [1.165, 1.54) is 0 Å². The molecule has 1 aromatic rings. The number of carbonyl (C=O) groups excluding carboxylic acids is 1. The molecule has 0 saturated heterocycles. The van der Waals surface area contributed by atoms with Gasteiger partial charge in [-0.25, -0.2) is 0 Å². The summed E-state index contributed by atoms with van der Waals surface area (Å²) in [7, 11) is 3.50. The van der Waals surface area contributed by atoms with Crippen LogP contribution in [0, 0.1) is 0 Å². The van der Waals surface area contributed by atoms with E-state index in [-0.39, 0.29) is 5.91 Å². The van der Waals surface area contributed by atoms with E-state index in [0.717, 1.165) is 5.69 Å². The molecule has 6 nitrogen and oxygen atoms in total. The van der Waals surface area contributed by atoms with Crippen LogP contribution in [0.1, 0.15) is 26.0 Å². The Balaban J connectivity index is 2.38. The van der Waals surface area contributed by atoms with Crippen LogP contribution in [0.4, 0.5) is 0 Å². The maximum atomic E-state index is 11.4. The van der Waals surface area contributed by atoms with Gasteiger partial charge in [0.15, 0.2) is 0 Å². The Morgan fingerprint density at radius 2 is 2.24 bits per heavy atom. The Morgan fingerprint density at radius 3 is 2.82 bits per heavy atom. The van der Waals surface area contributed by atoms with Crippen molar-refractivity contribution in [3.8, 4) is 0 Å². The summed E-state index contributed by atoms with van der Waals surface area (Å²) in [5.74, 6) is 0.0994. The van der Waals surface area contributed by atoms with Gasteiger partial charge < -0.3 is 10.2 Å². The molecular weight excluding hydrogens is 218 g/mol. The maximum absolute atomic E-state index is 11.4. The third kappa shape index (κ3) is 4.95. The fraction of sp³-hybridized carbons (Fsp3) is 0.727. The summed E-state index contributed by atoms with van der Waals surface area (Å²) < 4.78 is 1.71. The summed E-state index contributed by atoms with van der Waals surface area (Å²) in [5, 5.41) is 11.3. The third-order valence-electron chi connectivity index (χ3n) is 2.33. The van der Waals surface area contributed by atoms with E-state index in [4.69, 9.17) is 0 Å². The number of aryl methyl sites for hydroxylation is 1. The molecule has 1 heterocycles. The van der Waals surface area contributed by atoms with Crippen molar-refractivity contribution in [2.45, 2.75) is 39.4 Å². The summed E-state index contributed by atoms with van der Waals surface area (Å²) in [6, 6.07) is 0.426. The summed E-state index contributed by atoms with van der Waals surface area (Å²) >= 11 is 0. The highest BCUT2D eigenvalue weighted by molar-refractivity contribution is 5.75. The van der Waals surface area contributed by atoms with Crippen molar-refractivity contribution in [2.75, 3.05) is 14.1 Å². The van der Waals surface area contributed by atoms with E-state index >= 15 is 0 Å². The van der Waals surface area contributed by atoms with Gasteiger partial charge in [0.2, 0.25) is 5.91 Å². The van der Waals surface area contributed by atoms with Crippen LogP contribution < -0.4 is 5.32 Å². The van der Waals surface area contributed by atoms with Gasteiger partial charge in [0.25, 0.3) is 0 Å². The molecule has 6 heteroatoms. The molecular formula is C11H21N5O. The van der Waals surface area contributed by atoms with E-state index in [1.807, 2.05) is 6.20 Å². The molecule has 1 amide bonds. The monoisotopic (exact) mass is 239 g/mol. The second-order valence-corrected chi connectivity index (χ2v) is 4.55. The largest absolute Gasteiger partial charge is 0.349 e. The van der Waals surface area contributed by atoms with Crippen LogP contribution in [-0.2, 0) is 17.9 Å². The van der Waals surface area contributed by atoms with Crippen LogP contribution >= 0.6 is 0 Å². The molecule has 0 fully saturated rings. The first-order valence-electron chi connectivity index (χ1n) is 5.81. The van der Waals surface area contributed by atoms with Gasteiger partial charge in [-0.05, 0) is 0 Å². The molecule has 0 spiro atoms. The van der Waals surface area contributed by atoms with Gasteiger partial charge in [-0.3, -0.25) is 9.48 Å². The van der Waals surface area contributed by atoms with Gasteiger partial charge in [-0.15, -0.1) is 5.10 Å². The predicted octanol–water partition coefficient (Wildman–Crippen LogP) is 0.254. The number of nitrogens with zero attached hydrogens (tertiary/aromatic N) is 4. The van der Waals surface area contributed by atoms with Crippen molar-refractivity contribution in [1.29, 1.82) is 0 Å². The van der Waals surface area contributed by atoms with Crippen molar-refractivity contribution < 1.29 is 4.79 Å². The van der Waals surface area contributed by atoms with E-state index in [2.05, 4.69) is 29.5 Å². The Morgan fingerprint density at radius 1 is 1.53 bits per heavy atom. The molecule has 0 saturated carbocycles. The molecule has 0 aromatic carbocycles. The number of hydrogen-bond acceptors (Lipinski definition) is 4. The number of nitrogens with one attached hydrogen (secondary N) is 1. The minimum absolute atomic E-state index is 0.0994. The molecule has 1 N–H and O–H groups in total. The first-order chi connectivity index (χ1) is 7.99. The van der Waals surface area contributed by atoms with Crippen LogP contribution in [0.5, 0.6) is 0 Å². The Bertz CT molecular complexity index is 358. The maximum Gasteiger partial charge on any atom is 0.223 e. The fourth-order valence-corrected chi connectivity index (χ4v) is 1.27. The predicted molar refractivity (Wildman–Crippen MR) is 65.3 cm³/mol. The number of hydrogen-bond donors (Lipinski definition) is 1. The topological polar surface area (TPSA) is 63.1 Å². The van der Waals surface area contributed by atoms with E-state index in [1.54, 1.807) is 23.7 Å². The summed E-state index contributed by atoms with van der Waals surface area (Å²) in [4.78, 5) is 13.0. The third-order valence-corrected chi connectivity index (χ3v) is 2.33. The van der Waals surface area contributed by atoms with Crippen LogP contribution in [0.25, 0.3) is 0 Å². The van der Waals surface area contributed by atoms with Gasteiger partial charge in [0, 0.05) is 39.3 Å². The molecule has 0 aliphatic heterocycles. The lowest BCUT2D eigenvalue weighted by Gasteiger charge is -2.09. The number of aromatic nitrogens is 3. The van der Waals surface area contributed by atoms with Crippen molar-refractivity contribution in [2.24, 2.45) is 0 Å². The molecule has 0 atom stereocenters. The molecule has 0 bridgehead atoms. The van der Waals surface area contributed by atoms with Gasteiger partial charge in [0.05, 0.1) is 12.2 Å². The lowest BCUT2D eigenvalue weighted by atomic mass is 10.3. The fourth-order valence-electron chi connectivity index (χ4n) is 1.27. The van der Waals surface area contributed by atoms with Crippen LogP contribution in [-0.4, -0.2) is 45.9 Å². The summed E-state index contributed by atoms with van der Waals surface area (Å²) in [5.41, 5.74) is 0.899. The SMILES string of the molecule is CC(C)NCc1cn(CCC(=O)N(C)C)nn1. The number of carbonyl (C=O) groups is 1. The smallest absolute Gasteiger partial charge is 0.223 e. The van der Waals surface area contributed by atoms with E-state index in [0.29, 0.717) is 25.6 Å². The minimum atomic E-state index is 0.0994. The zero-order chi connectivity index (χ0) is 12.8. The van der Waals surface area contributed by atoms with Crippen molar-refractivity contribution in [3.63, 3.8) is 0 Å². The number of amides is 1. The summed E-state index contributed by atoms with van der Waals surface area (Å²) in [6.45, 7) is 5.45. The highest BCUT2D eigenvalue weighted by Gasteiger charge is 2.06. The van der Waals surface area contributed by atoms with Gasteiger partial charge >= 0.3 is 0 Å². The van der Waals surface area contributed by atoms with E-state index < -0.39 is 0 Å². The molecule has 96 valence electrons.